The quantitative estimate of drug-likeness (QED) is 0.678. The molecule has 0 radical (unpaired) electrons. The van der Waals surface area contributed by atoms with Gasteiger partial charge in [0.2, 0.25) is 0 Å². The van der Waals surface area contributed by atoms with E-state index in [-0.39, 0.29) is 5.56 Å². The highest BCUT2D eigenvalue weighted by Crippen LogP contribution is 2.39. The summed E-state index contributed by atoms with van der Waals surface area (Å²) in [5.74, 6) is 0. The molecule has 1 aliphatic rings. The van der Waals surface area contributed by atoms with Gasteiger partial charge in [0.1, 0.15) is 0 Å². The van der Waals surface area contributed by atoms with E-state index in [1.54, 1.807) is 6.07 Å². The fraction of sp³-hybridized carbons (Fsp3) is 0.400. The predicted octanol–water partition coefficient (Wildman–Crippen LogP) is 3.56. The Morgan fingerprint density at radius 2 is 1.87 bits per heavy atom. The standard InChI is InChI=1S/C10H8ClF3O/c11-9(10(12,13)14)6-1-2-7-4-15-5-8(7)3-6/h1-3,9H,4-5H2. The summed E-state index contributed by atoms with van der Waals surface area (Å²) in [6, 6.07) is 4.50. The summed E-state index contributed by atoms with van der Waals surface area (Å²) in [4.78, 5) is 0. The van der Waals surface area contributed by atoms with Gasteiger partial charge in [0.15, 0.2) is 5.38 Å². The molecule has 1 unspecified atom stereocenters. The molecule has 1 nitrogen and oxygen atoms in total. The number of fused-ring (bicyclic) bond motifs is 1. The Hall–Kier alpha value is -0.740. The van der Waals surface area contributed by atoms with Gasteiger partial charge in [0.05, 0.1) is 13.2 Å². The Morgan fingerprint density at radius 1 is 1.20 bits per heavy atom. The summed E-state index contributed by atoms with van der Waals surface area (Å²) < 4.78 is 42.1. The summed E-state index contributed by atoms with van der Waals surface area (Å²) in [6.45, 7) is 0.833. The lowest BCUT2D eigenvalue weighted by molar-refractivity contribution is -0.131. The van der Waals surface area contributed by atoms with E-state index < -0.39 is 11.6 Å². The van der Waals surface area contributed by atoms with Crippen LogP contribution in [0.3, 0.4) is 0 Å². The van der Waals surface area contributed by atoms with Crippen molar-refractivity contribution in [2.45, 2.75) is 24.8 Å². The van der Waals surface area contributed by atoms with Crippen LogP contribution >= 0.6 is 11.6 Å². The van der Waals surface area contributed by atoms with Crippen molar-refractivity contribution < 1.29 is 17.9 Å². The second-order valence-corrected chi connectivity index (χ2v) is 3.86. The van der Waals surface area contributed by atoms with E-state index in [9.17, 15) is 13.2 Å². The molecule has 0 bridgehead atoms. The third-order valence-corrected chi connectivity index (χ3v) is 2.82. The molecule has 1 aromatic rings. The minimum atomic E-state index is -4.41. The zero-order chi connectivity index (χ0) is 11.1. The summed E-state index contributed by atoms with van der Waals surface area (Å²) in [6.07, 6.45) is -4.41. The van der Waals surface area contributed by atoms with Crippen molar-refractivity contribution in [3.05, 3.63) is 34.9 Å². The van der Waals surface area contributed by atoms with Crippen molar-refractivity contribution in [3.63, 3.8) is 0 Å². The van der Waals surface area contributed by atoms with Crippen LogP contribution in [0.2, 0.25) is 0 Å². The Kier molecular flexibility index (Phi) is 2.64. The smallest absolute Gasteiger partial charge is 0.372 e. The van der Waals surface area contributed by atoms with Crippen molar-refractivity contribution in [3.8, 4) is 0 Å². The van der Waals surface area contributed by atoms with E-state index in [0.29, 0.717) is 13.2 Å². The van der Waals surface area contributed by atoms with Crippen LogP contribution in [0.1, 0.15) is 22.1 Å². The zero-order valence-electron chi connectivity index (χ0n) is 7.64. The van der Waals surface area contributed by atoms with E-state index in [1.807, 2.05) is 0 Å². The third-order valence-electron chi connectivity index (χ3n) is 2.33. The van der Waals surface area contributed by atoms with Gasteiger partial charge in [0, 0.05) is 0 Å². The molecule has 0 aliphatic carbocycles. The van der Waals surface area contributed by atoms with Crippen molar-refractivity contribution >= 4 is 11.6 Å². The minimum absolute atomic E-state index is 0.0772. The monoisotopic (exact) mass is 236 g/mol. The third kappa shape index (κ3) is 2.11. The van der Waals surface area contributed by atoms with Crippen LogP contribution in [0.25, 0.3) is 0 Å². The fourth-order valence-electron chi connectivity index (χ4n) is 1.54. The van der Waals surface area contributed by atoms with Gasteiger partial charge < -0.3 is 4.74 Å². The van der Waals surface area contributed by atoms with Crippen LogP contribution in [0.5, 0.6) is 0 Å². The first-order chi connectivity index (χ1) is 6.98. The van der Waals surface area contributed by atoms with Crippen LogP contribution in [-0.4, -0.2) is 6.18 Å². The fourth-order valence-corrected chi connectivity index (χ4v) is 1.67. The molecule has 0 spiro atoms. The highest BCUT2D eigenvalue weighted by molar-refractivity contribution is 6.21. The normalized spacial score (nSPS) is 17.6. The Labute approximate surface area is 89.8 Å². The van der Waals surface area contributed by atoms with Crippen LogP contribution < -0.4 is 0 Å². The molecule has 1 aliphatic heterocycles. The lowest BCUT2D eigenvalue weighted by Gasteiger charge is -2.14. The molecular formula is C10H8ClF3O. The molecule has 0 saturated heterocycles. The number of benzene rings is 1. The maximum Gasteiger partial charge on any atom is 0.408 e. The number of hydrogen-bond acceptors (Lipinski definition) is 1. The first-order valence-corrected chi connectivity index (χ1v) is 4.82. The number of hydrogen-bond donors (Lipinski definition) is 0. The van der Waals surface area contributed by atoms with E-state index in [4.69, 9.17) is 16.3 Å². The largest absolute Gasteiger partial charge is 0.408 e. The van der Waals surface area contributed by atoms with Gasteiger partial charge in [-0.3, -0.25) is 0 Å². The van der Waals surface area contributed by atoms with E-state index in [1.165, 1.54) is 12.1 Å². The Bertz CT molecular complexity index is 375. The van der Waals surface area contributed by atoms with Gasteiger partial charge in [-0.05, 0) is 16.7 Å². The maximum absolute atomic E-state index is 12.3. The molecule has 0 saturated carbocycles. The first kappa shape index (κ1) is 10.8. The predicted molar refractivity (Wildman–Crippen MR) is 49.6 cm³/mol. The molecule has 1 heterocycles. The molecular weight excluding hydrogens is 229 g/mol. The van der Waals surface area contributed by atoms with Crippen LogP contribution in [0, 0.1) is 0 Å². The van der Waals surface area contributed by atoms with E-state index in [0.717, 1.165) is 11.1 Å². The van der Waals surface area contributed by atoms with Crippen molar-refractivity contribution in [2.24, 2.45) is 0 Å². The van der Waals surface area contributed by atoms with Crippen LogP contribution in [-0.2, 0) is 18.0 Å². The van der Waals surface area contributed by atoms with Crippen molar-refractivity contribution in [1.29, 1.82) is 0 Å². The van der Waals surface area contributed by atoms with E-state index >= 15 is 0 Å². The average molecular weight is 237 g/mol. The molecule has 2 rings (SSSR count). The number of alkyl halides is 4. The number of ether oxygens (including phenoxy) is 1. The van der Waals surface area contributed by atoms with Gasteiger partial charge in [-0.1, -0.05) is 18.2 Å². The molecule has 15 heavy (non-hydrogen) atoms. The SMILES string of the molecule is FC(F)(F)C(Cl)c1ccc2c(c1)COC2. The van der Waals surface area contributed by atoms with Crippen LogP contribution in [0.4, 0.5) is 13.2 Å². The topological polar surface area (TPSA) is 9.23 Å². The molecule has 0 fully saturated rings. The lowest BCUT2D eigenvalue weighted by Crippen LogP contribution is -2.15. The highest BCUT2D eigenvalue weighted by Gasteiger charge is 2.39. The van der Waals surface area contributed by atoms with Gasteiger partial charge in [-0.25, -0.2) is 0 Å². The second-order valence-electron chi connectivity index (χ2n) is 3.43. The lowest BCUT2D eigenvalue weighted by atomic mass is 10.0. The van der Waals surface area contributed by atoms with Crippen LogP contribution in [0.15, 0.2) is 18.2 Å². The summed E-state index contributed by atoms with van der Waals surface area (Å²) >= 11 is 5.32. The maximum atomic E-state index is 12.3. The van der Waals surface area contributed by atoms with Gasteiger partial charge in [-0.15, -0.1) is 11.6 Å². The minimum Gasteiger partial charge on any atom is -0.372 e. The van der Waals surface area contributed by atoms with Gasteiger partial charge in [-0.2, -0.15) is 13.2 Å². The Morgan fingerprint density at radius 3 is 2.53 bits per heavy atom. The summed E-state index contributed by atoms with van der Waals surface area (Å²) in [5.41, 5.74) is 1.81. The number of rotatable bonds is 1. The first-order valence-electron chi connectivity index (χ1n) is 4.39. The molecule has 1 atom stereocenters. The zero-order valence-corrected chi connectivity index (χ0v) is 8.40. The summed E-state index contributed by atoms with van der Waals surface area (Å²) in [7, 11) is 0. The molecule has 1 aromatic carbocycles. The average Bonchev–Trinajstić information content (AvgIpc) is 2.61. The summed E-state index contributed by atoms with van der Waals surface area (Å²) in [5, 5.41) is -1.94. The molecule has 82 valence electrons. The van der Waals surface area contributed by atoms with Gasteiger partial charge in [0.25, 0.3) is 0 Å². The second kappa shape index (κ2) is 3.68. The van der Waals surface area contributed by atoms with Crippen molar-refractivity contribution in [1.82, 2.24) is 0 Å². The van der Waals surface area contributed by atoms with Gasteiger partial charge >= 0.3 is 6.18 Å². The Balaban J connectivity index is 2.31. The molecule has 0 aromatic heterocycles. The molecule has 0 N–H and O–H groups in total. The molecule has 5 heteroatoms. The number of halogens is 4. The van der Waals surface area contributed by atoms with E-state index in [2.05, 4.69) is 0 Å². The van der Waals surface area contributed by atoms with Crippen molar-refractivity contribution in [2.75, 3.05) is 0 Å². The molecule has 0 amide bonds. The highest BCUT2D eigenvalue weighted by atomic mass is 35.5.